The minimum absolute atomic E-state index is 0.706. The molecule has 84 valence electrons. The van der Waals surface area contributed by atoms with Gasteiger partial charge in [0, 0.05) is 19.3 Å². The van der Waals surface area contributed by atoms with Crippen LogP contribution in [0.4, 0.5) is 5.82 Å². The van der Waals surface area contributed by atoms with E-state index in [9.17, 15) is 0 Å². The van der Waals surface area contributed by atoms with Crippen molar-refractivity contribution in [2.24, 2.45) is 0 Å². The van der Waals surface area contributed by atoms with Crippen LogP contribution in [0.25, 0.3) is 11.5 Å². The van der Waals surface area contributed by atoms with Gasteiger partial charge in [0.15, 0.2) is 5.82 Å². The largest absolute Gasteiger partial charge is 0.370 e. The molecule has 1 N–H and O–H groups in total. The molecule has 2 aromatic heterocycles. The fraction of sp³-hybridized carbons (Fsp3) is 0.364. The fourth-order valence-corrected chi connectivity index (χ4v) is 1.52. The summed E-state index contributed by atoms with van der Waals surface area (Å²) < 4.78 is 2.02. The zero-order valence-electron chi connectivity index (χ0n) is 9.51. The molecular weight excluding hydrogens is 202 g/mol. The molecule has 2 rings (SSSR count). The van der Waals surface area contributed by atoms with Crippen LogP contribution in [0.3, 0.4) is 0 Å². The van der Waals surface area contributed by atoms with Crippen molar-refractivity contribution in [1.29, 1.82) is 0 Å². The molecule has 0 radical (unpaired) electrons. The molecule has 5 heteroatoms. The summed E-state index contributed by atoms with van der Waals surface area (Å²) in [5.74, 6) is 1.55. The zero-order valence-corrected chi connectivity index (χ0v) is 9.51. The molecule has 0 unspecified atom stereocenters. The van der Waals surface area contributed by atoms with Crippen molar-refractivity contribution in [3.8, 4) is 11.5 Å². The van der Waals surface area contributed by atoms with Gasteiger partial charge in [-0.25, -0.2) is 15.0 Å². The third-order valence-electron chi connectivity index (χ3n) is 2.30. The molecule has 0 aliphatic rings. The summed E-state index contributed by atoms with van der Waals surface area (Å²) in [6, 6.07) is 1.86. The molecular formula is C11H15N5. The van der Waals surface area contributed by atoms with Crippen LogP contribution >= 0.6 is 0 Å². The minimum atomic E-state index is 0.706. The van der Waals surface area contributed by atoms with Crippen molar-refractivity contribution in [3.05, 3.63) is 24.8 Å². The highest BCUT2D eigenvalue weighted by Gasteiger charge is 2.07. The summed E-state index contributed by atoms with van der Waals surface area (Å²) in [5.41, 5.74) is 0.947. The van der Waals surface area contributed by atoms with Crippen LogP contribution in [0, 0.1) is 0 Å². The van der Waals surface area contributed by atoms with Crippen LogP contribution in [0.15, 0.2) is 24.8 Å². The molecule has 2 aromatic rings. The van der Waals surface area contributed by atoms with Crippen molar-refractivity contribution in [1.82, 2.24) is 19.5 Å². The number of hydrogen-bond donors (Lipinski definition) is 1. The molecule has 0 atom stereocenters. The molecule has 2 heterocycles. The van der Waals surface area contributed by atoms with Crippen LogP contribution in [0.2, 0.25) is 0 Å². The van der Waals surface area contributed by atoms with E-state index in [1.807, 2.05) is 17.6 Å². The number of aromatic nitrogens is 4. The van der Waals surface area contributed by atoms with Crippen molar-refractivity contribution in [2.45, 2.75) is 20.4 Å². The van der Waals surface area contributed by atoms with Crippen molar-refractivity contribution in [3.63, 3.8) is 0 Å². The lowest BCUT2D eigenvalue weighted by Gasteiger charge is -2.06. The Labute approximate surface area is 94.6 Å². The molecule has 0 aromatic carbocycles. The molecule has 0 amide bonds. The summed E-state index contributed by atoms with van der Waals surface area (Å²) in [6.07, 6.45) is 5.33. The lowest BCUT2D eigenvalue weighted by Crippen LogP contribution is -2.03. The Kier molecular flexibility index (Phi) is 3.14. The second-order valence-corrected chi connectivity index (χ2v) is 3.36. The Morgan fingerprint density at radius 2 is 2.25 bits per heavy atom. The summed E-state index contributed by atoms with van der Waals surface area (Å²) in [4.78, 5) is 12.8. The Balaban J connectivity index is 2.36. The minimum Gasteiger partial charge on any atom is -0.370 e. The predicted molar refractivity (Wildman–Crippen MR) is 63.1 cm³/mol. The standard InChI is InChI=1S/C11H15N5/c1-3-13-10-5-6-14-11(15-10)9-7-12-8-16(9)4-2/h5-8H,3-4H2,1-2H3,(H,13,14,15). The van der Waals surface area contributed by atoms with Gasteiger partial charge in [-0.2, -0.15) is 0 Å². The van der Waals surface area contributed by atoms with Gasteiger partial charge in [-0.3, -0.25) is 0 Å². The molecule has 0 fully saturated rings. The lowest BCUT2D eigenvalue weighted by atomic mass is 10.4. The maximum absolute atomic E-state index is 4.43. The van der Waals surface area contributed by atoms with E-state index >= 15 is 0 Å². The first kappa shape index (κ1) is 10.6. The smallest absolute Gasteiger partial charge is 0.179 e. The summed E-state index contributed by atoms with van der Waals surface area (Å²) >= 11 is 0. The predicted octanol–water partition coefficient (Wildman–Crippen LogP) is 1.79. The van der Waals surface area contributed by atoms with E-state index in [-0.39, 0.29) is 0 Å². The van der Waals surface area contributed by atoms with Crippen LogP contribution in [-0.2, 0) is 6.54 Å². The average molecular weight is 217 g/mol. The van der Waals surface area contributed by atoms with E-state index in [2.05, 4.69) is 27.2 Å². The van der Waals surface area contributed by atoms with Crippen molar-refractivity contribution >= 4 is 5.82 Å². The van der Waals surface area contributed by atoms with Gasteiger partial charge in [0.05, 0.1) is 12.5 Å². The molecule has 16 heavy (non-hydrogen) atoms. The van der Waals surface area contributed by atoms with Gasteiger partial charge < -0.3 is 9.88 Å². The first-order valence-electron chi connectivity index (χ1n) is 5.42. The third kappa shape index (κ3) is 2.03. The van der Waals surface area contributed by atoms with Crippen molar-refractivity contribution in [2.75, 3.05) is 11.9 Å². The van der Waals surface area contributed by atoms with E-state index < -0.39 is 0 Å². The zero-order chi connectivity index (χ0) is 11.4. The van der Waals surface area contributed by atoms with E-state index in [0.717, 1.165) is 24.6 Å². The summed E-state index contributed by atoms with van der Waals surface area (Å²) in [5, 5.41) is 3.17. The van der Waals surface area contributed by atoms with Crippen LogP contribution in [-0.4, -0.2) is 26.1 Å². The van der Waals surface area contributed by atoms with Gasteiger partial charge >= 0.3 is 0 Å². The first-order chi connectivity index (χ1) is 7.85. The second kappa shape index (κ2) is 4.74. The third-order valence-corrected chi connectivity index (χ3v) is 2.30. The monoisotopic (exact) mass is 217 g/mol. The number of anilines is 1. The molecule has 0 bridgehead atoms. The highest BCUT2D eigenvalue weighted by atomic mass is 15.1. The van der Waals surface area contributed by atoms with Crippen LogP contribution in [0.1, 0.15) is 13.8 Å². The van der Waals surface area contributed by atoms with Gasteiger partial charge in [0.2, 0.25) is 0 Å². The fourth-order valence-electron chi connectivity index (χ4n) is 1.52. The molecule has 5 nitrogen and oxygen atoms in total. The van der Waals surface area contributed by atoms with Gasteiger partial charge in [-0.05, 0) is 19.9 Å². The quantitative estimate of drug-likeness (QED) is 0.848. The number of aryl methyl sites for hydroxylation is 1. The first-order valence-corrected chi connectivity index (χ1v) is 5.42. The van der Waals surface area contributed by atoms with E-state index in [0.29, 0.717) is 5.82 Å². The second-order valence-electron chi connectivity index (χ2n) is 3.36. The normalized spacial score (nSPS) is 10.4. The summed E-state index contributed by atoms with van der Waals surface area (Å²) in [6.45, 7) is 5.82. The molecule has 0 saturated carbocycles. The molecule has 0 aliphatic heterocycles. The average Bonchev–Trinajstić information content (AvgIpc) is 2.78. The number of nitrogens with one attached hydrogen (secondary N) is 1. The highest BCUT2D eigenvalue weighted by Crippen LogP contribution is 2.15. The van der Waals surface area contributed by atoms with Crippen molar-refractivity contribution < 1.29 is 0 Å². The maximum atomic E-state index is 4.43. The lowest BCUT2D eigenvalue weighted by molar-refractivity contribution is 0.763. The molecule has 0 spiro atoms. The Morgan fingerprint density at radius 1 is 1.38 bits per heavy atom. The SMILES string of the molecule is CCNc1ccnc(-c2cncn2CC)n1. The molecule has 0 saturated heterocycles. The van der Waals surface area contributed by atoms with E-state index in [4.69, 9.17) is 0 Å². The van der Waals surface area contributed by atoms with Crippen LogP contribution in [0.5, 0.6) is 0 Å². The van der Waals surface area contributed by atoms with Gasteiger partial charge in [-0.15, -0.1) is 0 Å². The van der Waals surface area contributed by atoms with Gasteiger partial charge in [0.25, 0.3) is 0 Å². The molecule has 0 aliphatic carbocycles. The Morgan fingerprint density at radius 3 is 3.00 bits per heavy atom. The topological polar surface area (TPSA) is 55.6 Å². The Hall–Kier alpha value is -1.91. The number of nitrogens with zero attached hydrogens (tertiary/aromatic N) is 4. The number of rotatable bonds is 4. The summed E-state index contributed by atoms with van der Waals surface area (Å²) in [7, 11) is 0. The number of imidazole rings is 1. The van der Waals surface area contributed by atoms with E-state index in [1.54, 1.807) is 18.7 Å². The number of hydrogen-bond acceptors (Lipinski definition) is 4. The van der Waals surface area contributed by atoms with Crippen LogP contribution < -0.4 is 5.32 Å². The Bertz CT molecular complexity index is 463. The van der Waals surface area contributed by atoms with Gasteiger partial charge in [-0.1, -0.05) is 0 Å². The highest BCUT2D eigenvalue weighted by molar-refractivity contribution is 5.51. The maximum Gasteiger partial charge on any atom is 0.179 e. The van der Waals surface area contributed by atoms with E-state index in [1.165, 1.54) is 0 Å². The van der Waals surface area contributed by atoms with Gasteiger partial charge in [0.1, 0.15) is 11.5 Å².